The van der Waals surface area contributed by atoms with E-state index in [4.69, 9.17) is 0 Å². The lowest BCUT2D eigenvalue weighted by Crippen LogP contribution is -2.68. The van der Waals surface area contributed by atoms with Gasteiger partial charge in [-0.3, -0.25) is 4.79 Å². The molecule has 0 unspecified atom stereocenters. The van der Waals surface area contributed by atoms with E-state index < -0.39 is 5.41 Å². The molecule has 0 aromatic heterocycles. The van der Waals surface area contributed by atoms with Gasteiger partial charge in [-0.15, -0.1) is 0 Å². The Labute approximate surface area is 197 Å². The van der Waals surface area contributed by atoms with Crippen LogP contribution in [-0.4, -0.2) is 12.1 Å². The molecule has 5 aliphatic carbocycles. The number of carbonyl (C=O) groups excluding carboxylic acids is 2. The van der Waals surface area contributed by atoms with Crippen LogP contribution in [-0.2, 0) is 9.59 Å². The number of hydrogen-bond donors (Lipinski definition) is 0. The van der Waals surface area contributed by atoms with E-state index in [2.05, 4.69) is 48.5 Å². The monoisotopic (exact) mass is 440 g/mol. The standard InChI is InChI=1S/C30H48O2/c1-20-21(32)8-9-23-27(5)15-17-29(7)24-18-25(2,3)12-13-26(24,4)14-16-28(29,6)22(27)10-11-30(20,23)19-31/h19-20,22-24H,8-18H2,1-7H3/t20-,22-,23-,24+,26+,27+,28+,29-,30-/m0/s1. The molecule has 180 valence electrons. The lowest BCUT2D eigenvalue weighted by Gasteiger charge is -2.74. The van der Waals surface area contributed by atoms with Crippen molar-refractivity contribution in [1.82, 2.24) is 0 Å². The molecule has 0 saturated heterocycles. The second kappa shape index (κ2) is 6.72. The summed E-state index contributed by atoms with van der Waals surface area (Å²) in [6.07, 6.45) is 14.4. The SMILES string of the molecule is C[C@H]1C(=O)CC[C@H]2[C@]3(C)CC[C@@]4(C)[C@@H]5CC(C)(C)CC[C@]5(C)CC[C@]4(C)[C@H]3CC[C@]12C=O. The summed E-state index contributed by atoms with van der Waals surface area (Å²) in [5.74, 6) is 2.12. The van der Waals surface area contributed by atoms with E-state index in [1.807, 2.05) is 0 Å². The summed E-state index contributed by atoms with van der Waals surface area (Å²) in [5.41, 5.74) is 1.49. The van der Waals surface area contributed by atoms with E-state index in [1.165, 1.54) is 51.2 Å². The Bertz CT molecular complexity index is 829. The van der Waals surface area contributed by atoms with Gasteiger partial charge in [0.1, 0.15) is 12.1 Å². The third-order valence-electron chi connectivity index (χ3n) is 13.5. The number of carbonyl (C=O) groups is 2. The van der Waals surface area contributed by atoms with Crippen LogP contribution in [0.3, 0.4) is 0 Å². The zero-order valence-corrected chi connectivity index (χ0v) is 22.0. The molecule has 0 spiro atoms. The molecular weight excluding hydrogens is 392 g/mol. The first-order chi connectivity index (χ1) is 14.8. The Balaban J connectivity index is 1.56. The van der Waals surface area contributed by atoms with E-state index in [0.717, 1.165) is 25.2 Å². The highest BCUT2D eigenvalue weighted by Crippen LogP contribution is 2.78. The highest BCUT2D eigenvalue weighted by molar-refractivity contribution is 5.86. The van der Waals surface area contributed by atoms with Gasteiger partial charge in [0.05, 0.1) is 0 Å². The quantitative estimate of drug-likeness (QED) is 0.393. The molecule has 5 fully saturated rings. The Morgan fingerprint density at radius 2 is 1.38 bits per heavy atom. The molecule has 0 N–H and O–H groups in total. The summed E-state index contributed by atoms with van der Waals surface area (Å²) in [7, 11) is 0. The van der Waals surface area contributed by atoms with E-state index in [9.17, 15) is 9.59 Å². The van der Waals surface area contributed by atoms with Gasteiger partial charge in [0, 0.05) is 17.8 Å². The second-order valence-corrected chi connectivity index (χ2v) is 15.0. The van der Waals surface area contributed by atoms with Crippen molar-refractivity contribution in [3.05, 3.63) is 0 Å². The molecular formula is C30H48O2. The van der Waals surface area contributed by atoms with Crippen molar-refractivity contribution in [2.24, 2.45) is 56.2 Å². The van der Waals surface area contributed by atoms with Crippen molar-refractivity contribution in [1.29, 1.82) is 0 Å². The number of hydrogen-bond acceptors (Lipinski definition) is 2. The van der Waals surface area contributed by atoms with Crippen LogP contribution in [0.15, 0.2) is 0 Å². The molecule has 0 heterocycles. The van der Waals surface area contributed by atoms with E-state index >= 15 is 0 Å². The van der Waals surface area contributed by atoms with Crippen LogP contribution in [0.25, 0.3) is 0 Å². The average molecular weight is 441 g/mol. The lowest BCUT2D eigenvalue weighted by molar-refractivity contribution is -0.254. The first-order valence-corrected chi connectivity index (χ1v) is 13.8. The molecule has 2 nitrogen and oxygen atoms in total. The van der Waals surface area contributed by atoms with Crippen LogP contribution in [0, 0.1) is 56.2 Å². The van der Waals surface area contributed by atoms with Crippen LogP contribution < -0.4 is 0 Å². The fourth-order valence-electron chi connectivity index (χ4n) is 11.1. The zero-order valence-electron chi connectivity index (χ0n) is 22.0. The minimum absolute atomic E-state index is 0.0913. The summed E-state index contributed by atoms with van der Waals surface area (Å²) >= 11 is 0. The summed E-state index contributed by atoms with van der Waals surface area (Å²) < 4.78 is 0. The lowest BCUT2D eigenvalue weighted by atomic mass is 9.30. The van der Waals surface area contributed by atoms with E-state index in [1.54, 1.807) is 0 Å². The van der Waals surface area contributed by atoms with Gasteiger partial charge in [-0.25, -0.2) is 0 Å². The van der Waals surface area contributed by atoms with Crippen LogP contribution in [0.5, 0.6) is 0 Å². The maximum absolute atomic E-state index is 12.7. The zero-order chi connectivity index (χ0) is 23.4. The van der Waals surface area contributed by atoms with Crippen molar-refractivity contribution >= 4 is 12.1 Å². The molecule has 0 amide bonds. The van der Waals surface area contributed by atoms with Gasteiger partial charge in [-0.05, 0) is 109 Å². The molecule has 5 aliphatic rings. The van der Waals surface area contributed by atoms with Crippen molar-refractivity contribution in [2.45, 2.75) is 119 Å². The van der Waals surface area contributed by atoms with Gasteiger partial charge in [-0.1, -0.05) is 48.5 Å². The van der Waals surface area contributed by atoms with Crippen LogP contribution >= 0.6 is 0 Å². The summed E-state index contributed by atoms with van der Waals surface area (Å²) in [5, 5.41) is 0. The van der Waals surface area contributed by atoms with Crippen LogP contribution in [0.4, 0.5) is 0 Å². The highest BCUT2D eigenvalue weighted by Gasteiger charge is 2.71. The van der Waals surface area contributed by atoms with Gasteiger partial charge < -0.3 is 4.79 Å². The number of ketones is 1. The third-order valence-corrected chi connectivity index (χ3v) is 13.5. The Hall–Kier alpha value is -0.660. The average Bonchev–Trinajstić information content (AvgIpc) is 2.74. The first kappa shape index (κ1) is 23.1. The van der Waals surface area contributed by atoms with Gasteiger partial charge in [0.15, 0.2) is 0 Å². The summed E-state index contributed by atoms with van der Waals surface area (Å²) in [4.78, 5) is 25.4. The summed E-state index contributed by atoms with van der Waals surface area (Å²) in [6, 6.07) is 0. The Morgan fingerprint density at radius 3 is 2.06 bits per heavy atom. The van der Waals surface area contributed by atoms with Crippen LogP contribution in [0.1, 0.15) is 119 Å². The predicted octanol–water partition coefficient (Wildman–Crippen LogP) is 7.64. The predicted molar refractivity (Wildman–Crippen MR) is 130 cm³/mol. The molecule has 32 heavy (non-hydrogen) atoms. The van der Waals surface area contributed by atoms with Crippen molar-refractivity contribution < 1.29 is 9.59 Å². The van der Waals surface area contributed by atoms with Gasteiger partial charge in [0.25, 0.3) is 0 Å². The topological polar surface area (TPSA) is 34.1 Å². The minimum Gasteiger partial charge on any atom is -0.303 e. The van der Waals surface area contributed by atoms with Gasteiger partial charge >= 0.3 is 0 Å². The smallest absolute Gasteiger partial charge is 0.136 e. The molecule has 0 bridgehead atoms. The number of aldehydes is 1. The molecule has 0 aromatic carbocycles. The third kappa shape index (κ3) is 2.65. The molecule has 0 aliphatic heterocycles. The largest absolute Gasteiger partial charge is 0.303 e. The number of rotatable bonds is 1. The molecule has 5 saturated carbocycles. The first-order valence-electron chi connectivity index (χ1n) is 13.8. The molecule has 0 aromatic rings. The minimum atomic E-state index is -0.402. The van der Waals surface area contributed by atoms with E-state index in [-0.39, 0.29) is 11.3 Å². The molecule has 2 heteroatoms. The fourth-order valence-corrected chi connectivity index (χ4v) is 11.1. The highest BCUT2D eigenvalue weighted by atomic mass is 16.1. The van der Waals surface area contributed by atoms with Crippen molar-refractivity contribution in [2.75, 3.05) is 0 Å². The fraction of sp³-hybridized carbons (Fsp3) is 0.933. The van der Waals surface area contributed by atoms with Gasteiger partial charge in [-0.2, -0.15) is 0 Å². The molecule has 0 radical (unpaired) electrons. The molecule has 9 atom stereocenters. The van der Waals surface area contributed by atoms with E-state index in [0.29, 0.717) is 45.7 Å². The Morgan fingerprint density at radius 1 is 0.750 bits per heavy atom. The normalized spacial score (nSPS) is 56.9. The van der Waals surface area contributed by atoms with Crippen molar-refractivity contribution in [3.8, 4) is 0 Å². The number of fused-ring (bicyclic) bond motifs is 7. The summed E-state index contributed by atoms with van der Waals surface area (Å²) in [6.45, 7) is 17.6. The van der Waals surface area contributed by atoms with Crippen molar-refractivity contribution in [3.63, 3.8) is 0 Å². The molecule has 5 rings (SSSR count). The Kier molecular flexibility index (Phi) is 4.85. The van der Waals surface area contributed by atoms with Crippen LogP contribution in [0.2, 0.25) is 0 Å². The maximum atomic E-state index is 12.7. The van der Waals surface area contributed by atoms with Gasteiger partial charge in [0.2, 0.25) is 0 Å². The second-order valence-electron chi connectivity index (χ2n) is 15.0. The maximum Gasteiger partial charge on any atom is 0.136 e. The number of Topliss-reactive ketones (excluding diaryl/α,β-unsaturated/α-hetero) is 1.